The summed E-state index contributed by atoms with van der Waals surface area (Å²) in [5.41, 5.74) is 2.04. The number of nitrogens with zero attached hydrogens (tertiary/aromatic N) is 3. The van der Waals surface area contributed by atoms with Gasteiger partial charge in [-0.05, 0) is 73.1 Å². The molecule has 1 aromatic heterocycles. The van der Waals surface area contributed by atoms with E-state index >= 15 is 0 Å². The molecule has 1 aliphatic heterocycles. The van der Waals surface area contributed by atoms with Crippen molar-refractivity contribution >= 4 is 35.6 Å². The van der Waals surface area contributed by atoms with Crippen LogP contribution in [0.5, 0.6) is 5.75 Å². The van der Waals surface area contributed by atoms with Gasteiger partial charge in [-0.15, -0.1) is 0 Å². The molecule has 2 N–H and O–H groups in total. The summed E-state index contributed by atoms with van der Waals surface area (Å²) in [6, 6.07) is 9.17. The van der Waals surface area contributed by atoms with Crippen molar-refractivity contribution in [2.75, 3.05) is 18.0 Å². The maximum atomic E-state index is 14.9. The van der Waals surface area contributed by atoms with Crippen LogP contribution in [0.1, 0.15) is 43.5 Å². The van der Waals surface area contributed by atoms with Crippen molar-refractivity contribution in [2.45, 2.75) is 39.2 Å². The Balaban J connectivity index is 1.51. The van der Waals surface area contributed by atoms with Crippen LogP contribution in [0.3, 0.4) is 0 Å². The predicted molar refractivity (Wildman–Crippen MR) is 138 cm³/mol. The van der Waals surface area contributed by atoms with Crippen LogP contribution in [-0.4, -0.2) is 51.9 Å². The summed E-state index contributed by atoms with van der Waals surface area (Å²) in [6.45, 7) is 5.69. The van der Waals surface area contributed by atoms with E-state index in [1.165, 1.54) is 18.9 Å². The van der Waals surface area contributed by atoms with Crippen molar-refractivity contribution in [2.24, 2.45) is 5.92 Å². The van der Waals surface area contributed by atoms with Crippen LogP contribution in [0.15, 0.2) is 36.4 Å². The number of benzene rings is 2. The molecule has 4 rings (SSSR count). The first-order chi connectivity index (χ1) is 17.7. The van der Waals surface area contributed by atoms with Crippen molar-refractivity contribution in [1.82, 2.24) is 14.7 Å². The molecule has 0 spiro atoms. The van der Waals surface area contributed by atoms with Gasteiger partial charge in [-0.1, -0.05) is 13.8 Å². The van der Waals surface area contributed by atoms with E-state index in [1.807, 2.05) is 24.3 Å². The number of anilines is 1. The molecular formula is C26H27FN4O5S. The Hall–Kier alpha value is -3.86. The molecule has 0 saturated carbocycles. The Bertz CT molecular complexity index is 1290. The molecule has 0 radical (unpaired) electrons. The van der Waals surface area contributed by atoms with Gasteiger partial charge in [-0.3, -0.25) is 4.79 Å². The van der Waals surface area contributed by atoms with Crippen molar-refractivity contribution in [1.29, 1.82) is 0 Å². The Kier molecular flexibility index (Phi) is 8.12. The second-order valence-electron chi connectivity index (χ2n) is 9.21. The molecule has 1 amide bonds. The van der Waals surface area contributed by atoms with E-state index < -0.39 is 29.7 Å². The zero-order valence-corrected chi connectivity index (χ0v) is 21.3. The van der Waals surface area contributed by atoms with Crippen LogP contribution < -0.4 is 15.0 Å². The van der Waals surface area contributed by atoms with Crippen molar-refractivity contribution < 1.29 is 28.6 Å². The summed E-state index contributed by atoms with van der Waals surface area (Å²) in [5.74, 6) is -2.33. The van der Waals surface area contributed by atoms with Gasteiger partial charge in [0.15, 0.2) is 23.7 Å². The number of nitrogens with one attached hydrogen (secondary N) is 1. The van der Waals surface area contributed by atoms with E-state index in [0.717, 1.165) is 41.9 Å². The summed E-state index contributed by atoms with van der Waals surface area (Å²) < 4.78 is 24.3. The van der Waals surface area contributed by atoms with E-state index in [-0.39, 0.29) is 17.9 Å². The summed E-state index contributed by atoms with van der Waals surface area (Å²) in [4.78, 5) is 42.1. The quantitative estimate of drug-likeness (QED) is 0.373. The lowest BCUT2D eigenvalue weighted by Crippen LogP contribution is -2.43. The van der Waals surface area contributed by atoms with Gasteiger partial charge in [0.2, 0.25) is 0 Å². The van der Waals surface area contributed by atoms with Crippen LogP contribution in [-0.2, 0) is 4.79 Å². The predicted octanol–water partition coefficient (Wildman–Crippen LogP) is 5.01. The number of aliphatic carboxylic acids is 1. The normalized spacial score (nSPS) is 14.0. The molecule has 194 valence electrons. The first kappa shape index (κ1) is 26.2. The van der Waals surface area contributed by atoms with Gasteiger partial charge in [0, 0.05) is 29.9 Å². The molecule has 1 atom stereocenters. The molecule has 1 fully saturated rings. The fourth-order valence-electron chi connectivity index (χ4n) is 4.15. The van der Waals surface area contributed by atoms with Crippen molar-refractivity contribution in [3.63, 3.8) is 0 Å². The molecule has 0 bridgehead atoms. The Morgan fingerprint density at radius 2 is 1.89 bits per heavy atom. The van der Waals surface area contributed by atoms with Crippen LogP contribution >= 0.6 is 11.5 Å². The smallest absolute Gasteiger partial charge is 0.413 e. The monoisotopic (exact) mass is 526 g/mol. The molecule has 2 aromatic carbocycles. The number of aromatic nitrogens is 2. The van der Waals surface area contributed by atoms with Crippen LogP contribution in [0.4, 0.5) is 14.9 Å². The number of carbonyl (C=O) groups excluding carboxylic acids is 2. The first-order valence-corrected chi connectivity index (χ1v) is 12.7. The maximum absolute atomic E-state index is 14.9. The van der Waals surface area contributed by atoms with E-state index in [1.54, 1.807) is 13.8 Å². The average molecular weight is 527 g/mol. The van der Waals surface area contributed by atoms with Crippen molar-refractivity contribution in [3.8, 4) is 27.7 Å². The van der Waals surface area contributed by atoms with Gasteiger partial charge in [0.1, 0.15) is 11.0 Å². The number of amides is 1. The Morgan fingerprint density at radius 1 is 1.19 bits per heavy atom. The van der Waals surface area contributed by atoms with Crippen LogP contribution in [0, 0.1) is 11.7 Å². The summed E-state index contributed by atoms with van der Waals surface area (Å²) in [6.07, 6.45) is 1.73. The topological polar surface area (TPSA) is 122 Å². The third-order valence-electron chi connectivity index (χ3n) is 5.96. The molecule has 0 unspecified atom stereocenters. The Labute approximate surface area is 217 Å². The third-order valence-corrected chi connectivity index (χ3v) is 6.73. The molecular weight excluding hydrogens is 499 g/mol. The van der Waals surface area contributed by atoms with Gasteiger partial charge in [0.05, 0.1) is 5.56 Å². The molecule has 9 nitrogen and oxygen atoms in total. The highest BCUT2D eigenvalue weighted by Gasteiger charge is 2.24. The lowest BCUT2D eigenvalue weighted by atomic mass is 10.0. The van der Waals surface area contributed by atoms with E-state index in [0.29, 0.717) is 22.7 Å². The summed E-state index contributed by atoms with van der Waals surface area (Å²) >= 11 is 1.05. The second-order valence-corrected chi connectivity index (χ2v) is 9.96. The lowest BCUT2D eigenvalue weighted by molar-refractivity contribution is -0.139. The number of hydrogen-bond acceptors (Lipinski definition) is 8. The minimum absolute atomic E-state index is 0.0113. The standard InChI is InChI=1S/C26H27FN4O5S/c1-15(2)11-21(25(33)34)28-26(35)36-22-18(14-32)12-17(13-20(22)27)24-29-23(30-37-24)16-5-7-19(8-6-16)31-9-3-4-10-31/h5-8,12-15,21H,3-4,9-11H2,1-2H3,(H,28,35)(H,33,34)/t21-/m0/s1. The highest BCUT2D eigenvalue weighted by Crippen LogP contribution is 2.32. The molecule has 37 heavy (non-hydrogen) atoms. The zero-order chi connectivity index (χ0) is 26.5. The number of halogens is 1. The fraction of sp³-hybridized carbons (Fsp3) is 0.346. The highest BCUT2D eigenvalue weighted by molar-refractivity contribution is 7.09. The summed E-state index contributed by atoms with van der Waals surface area (Å²) in [5, 5.41) is 11.9. The van der Waals surface area contributed by atoms with Gasteiger partial charge in [0.25, 0.3) is 0 Å². The lowest BCUT2D eigenvalue weighted by Gasteiger charge is -2.17. The largest absolute Gasteiger partial charge is 0.480 e. The number of aldehydes is 1. The Morgan fingerprint density at radius 3 is 2.51 bits per heavy atom. The number of carboxylic acid groups (broad SMARTS) is 1. The minimum atomic E-state index is -1.24. The van der Waals surface area contributed by atoms with E-state index in [2.05, 4.69) is 19.6 Å². The first-order valence-electron chi connectivity index (χ1n) is 11.9. The number of ether oxygens (including phenoxy) is 1. The van der Waals surface area contributed by atoms with Gasteiger partial charge in [-0.25, -0.2) is 19.0 Å². The number of hydrogen-bond donors (Lipinski definition) is 2. The average Bonchev–Trinajstić information content (AvgIpc) is 3.57. The minimum Gasteiger partial charge on any atom is -0.480 e. The molecule has 1 aliphatic rings. The van der Waals surface area contributed by atoms with E-state index in [4.69, 9.17) is 4.74 Å². The third kappa shape index (κ3) is 6.29. The molecule has 3 aromatic rings. The number of rotatable bonds is 9. The zero-order valence-electron chi connectivity index (χ0n) is 20.4. The van der Waals surface area contributed by atoms with Gasteiger partial charge < -0.3 is 20.1 Å². The second kappa shape index (κ2) is 11.5. The van der Waals surface area contributed by atoms with Crippen molar-refractivity contribution in [3.05, 3.63) is 47.8 Å². The SMILES string of the molecule is CC(C)C[C@H](NC(=O)Oc1c(F)cc(-c2nc(-c3ccc(N4CCCC4)cc3)ns2)cc1C=O)C(=O)O. The molecule has 2 heterocycles. The molecule has 0 aliphatic carbocycles. The maximum Gasteiger partial charge on any atom is 0.413 e. The number of carboxylic acids is 1. The van der Waals surface area contributed by atoms with Crippen LogP contribution in [0.25, 0.3) is 22.0 Å². The van der Waals surface area contributed by atoms with E-state index in [9.17, 15) is 23.9 Å². The summed E-state index contributed by atoms with van der Waals surface area (Å²) in [7, 11) is 0. The van der Waals surface area contributed by atoms with Gasteiger partial charge >= 0.3 is 12.1 Å². The number of carbonyl (C=O) groups is 3. The van der Waals surface area contributed by atoms with Gasteiger partial charge in [-0.2, -0.15) is 4.37 Å². The molecule has 1 saturated heterocycles. The molecule has 11 heteroatoms. The fourth-order valence-corrected chi connectivity index (χ4v) is 4.82. The highest BCUT2D eigenvalue weighted by atomic mass is 32.1. The van der Waals surface area contributed by atoms with Crippen LogP contribution in [0.2, 0.25) is 0 Å².